The molecule has 19 heavy (non-hydrogen) atoms. The molecule has 1 atom stereocenters. The van der Waals surface area contributed by atoms with Gasteiger partial charge in [0.05, 0.1) is 3.81 Å². The van der Waals surface area contributed by atoms with Crippen LogP contribution in [-0.2, 0) is 10.7 Å². The first kappa shape index (κ1) is 12.7. The van der Waals surface area contributed by atoms with Crippen molar-refractivity contribution in [1.82, 2.24) is 19.5 Å². The maximum Gasteiger partial charge on any atom is 0.125 e. The highest BCUT2D eigenvalue weighted by molar-refractivity contribution is 9.13. The van der Waals surface area contributed by atoms with E-state index >= 15 is 0 Å². The van der Waals surface area contributed by atoms with E-state index in [1.807, 2.05) is 54.5 Å². The summed E-state index contributed by atoms with van der Waals surface area (Å²) in [6.07, 6.45) is 7.42. The van der Waals surface area contributed by atoms with Crippen molar-refractivity contribution in [2.24, 2.45) is 4.47 Å². The summed E-state index contributed by atoms with van der Waals surface area (Å²) in [4.78, 5) is 8.64. The Morgan fingerprint density at radius 2 is 2.26 bits per heavy atom. The first-order chi connectivity index (χ1) is 9.16. The maximum absolute atomic E-state index is 4.62. The summed E-state index contributed by atoms with van der Waals surface area (Å²) < 4.78 is 7.70. The number of fused-ring (bicyclic) bond motifs is 1. The fourth-order valence-electron chi connectivity index (χ4n) is 1.83. The molecule has 0 aliphatic carbocycles. The minimum atomic E-state index is -0.357. The van der Waals surface area contributed by atoms with E-state index in [0.29, 0.717) is 0 Å². The first-order valence-corrected chi connectivity index (χ1v) is 7.62. The lowest BCUT2D eigenvalue weighted by molar-refractivity contribution is 0.446. The normalized spacial score (nSPS) is 17.9. The number of hydrogen-bond donors (Lipinski definition) is 0. The molecule has 3 rings (SSSR count). The Bertz CT molecular complexity index is 675. The number of hydrogen-bond acceptors (Lipinski definition) is 3. The first-order valence-electron chi connectivity index (χ1n) is 5.65. The van der Waals surface area contributed by atoms with Crippen LogP contribution in [0.4, 0.5) is 0 Å². The number of imidazole rings is 1. The van der Waals surface area contributed by atoms with Crippen molar-refractivity contribution < 1.29 is 0 Å². The lowest BCUT2D eigenvalue weighted by Crippen LogP contribution is -2.05. The number of pyridine rings is 1. The van der Waals surface area contributed by atoms with Crippen molar-refractivity contribution in [3.8, 4) is 11.3 Å². The molecule has 0 spiro atoms. The molecular formula is C12H12BrN5S. The zero-order chi connectivity index (χ0) is 13.4. The third kappa shape index (κ3) is 2.29. The molecule has 0 saturated heterocycles. The van der Waals surface area contributed by atoms with Gasteiger partial charge in [-0.25, -0.2) is 9.99 Å². The molecule has 1 unspecified atom stereocenters. The van der Waals surface area contributed by atoms with Gasteiger partial charge in [-0.2, -0.15) is 4.47 Å². The molecule has 0 amide bonds. The second-order valence-electron chi connectivity index (χ2n) is 4.19. The van der Waals surface area contributed by atoms with E-state index < -0.39 is 0 Å². The molecule has 0 bridgehead atoms. The minimum absolute atomic E-state index is 0.357. The lowest BCUT2D eigenvalue weighted by Gasteiger charge is -2.07. The van der Waals surface area contributed by atoms with E-state index in [0.717, 1.165) is 20.1 Å². The summed E-state index contributed by atoms with van der Waals surface area (Å²) in [6.45, 7) is 0. The quantitative estimate of drug-likeness (QED) is 0.791. The molecule has 0 radical (unpaired) electrons. The van der Waals surface area contributed by atoms with E-state index in [1.54, 1.807) is 6.20 Å². The maximum atomic E-state index is 4.62. The number of rotatable bonds is 2. The summed E-state index contributed by atoms with van der Waals surface area (Å²) in [7, 11) is 3.50. The van der Waals surface area contributed by atoms with Crippen LogP contribution in [0.5, 0.6) is 0 Å². The van der Waals surface area contributed by atoms with Crippen LogP contribution in [0.1, 0.15) is 0 Å². The predicted molar refractivity (Wildman–Crippen MR) is 80.4 cm³/mol. The Balaban J connectivity index is 2.16. The van der Waals surface area contributed by atoms with E-state index in [-0.39, 0.29) is 10.7 Å². The second-order valence-corrected chi connectivity index (χ2v) is 7.13. The molecule has 0 fully saturated rings. The van der Waals surface area contributed by atoms with Crippen molar-refractivity contribution in [1.29, 1.82) is 0 Å². The van der Waals surface area contributed by atoms with Gasteiger partial charge in [0.15, 0.2) is 0 Å². The molecule has 7 heteroatoms. The van der Waals surface area contributed by atoms with Crippen LogP contribution in [0.15, 0.2) is 44.2 Å². The molecular weight excluding hydrogens is 326 g/mol. The van der Waals surface area contributed by atoms with Crippen molar-refractivity contribution in [3.05, 3.63) is 34.7 Å². The van der Waals surface area contributed by atoms with Crippen molar-refractivity contribution in [3.63, 3.8) is 0 Å². The van der Waals surface area contributed by atoms with Crippen LogP contribution in [-0.4, -0.2) is 33.6 Å². The Kier molecular flexibility index (Phi) is 3.34. The standard InChI is InChI=1S/C12H12BrN5S/c1-17(2)16-19-10(13)7-18-8-15-11(12(18)19)9-4-3-5-14-6-9/h3-8H,1-2H3. The molecule has 2 aromatic rings. The van der Waals surface area contributed by atoms with Crippen LogP contribution in [0, 0.1) is 0 Å². The summed E-state index contributed by atoms with van der Waals surface area (Å²) in [5, 5.41) is 2.92. The van der Waals surface area contributed by atoms with Crippen LogP contribution in [0.3, 0.4) is 0 Å². The Morgan fingerprint density at radius 1 is 1.42 bits per heavy atom. The van der Waals surface area contributed by atoms with E-state index in [4.69, 9.17) is 0 Å². The van der Waals surface area contributed by atoms with Crippen molar-refractivity contribution in [2.75, 3.05) is 14.1 Å². The molecule has 0 saturated carbocycles. The monoisotopic (exact) mass is 337 g/mol. The summed E-state index contributed by atoms with van der Waals surface area (Å²) in [6, 6.07) is 3.93. The van der Waals surface area contributed by atoms with Gasteiger partial charge in [0.2, 0.25) is 0 Å². The van der Waals surface area contributed by atoms with Gasteiger partial charge in [-0.3, -0.25) is 9.55 Å². The van der Waals surface area contributed by atoms with Gasteiger partial charge in [0, 0.05) is 48.9 Å². The number of nitrogens with zero attached hydrogens (tertiary/aromatic N) is 5. The Hall–Kier alpha value is -1.31. The molecule has 0 N–H and O–H groups in total. The van der Waals surface area contributed by atoms with Gasteiger partial charge in [-0.1, -0.05) is 0 Å². The van der Waals surface area contributed by atoms with Gasteiger partial charge >= 0.3 is 0 Å². The van der Waals surface area contributed by atoms with Gasteiger partial charge < -0.3 is 0 Å². The van der Waals surface area contributed by atoms with Crippen LogP contribution >= 0.6 is 15.9 Å². The minimum Gasteiger partial charge on any atom is -0.297 e. The molecule has 0 aromatic carbocycles. The average molecular weight is 338 g/mol. The largest absolute Gasteiger partial charge is 0.297 e. The summed E-state index contributed by atoms with van der Waals surface area (Å²) >= 11 is 3.59. The van der Waals surface area contributed by atoms with Gasteiger partial charge in [0.1, 0.15) is 17.0 Å². The molecule has 1 aliphatic heterocycles. The zero-order valence-electron chi connectivity index (χ0n) is 10.5. The average Bonchev–Trinajstić information content (AvgIpc) is 2.91. The zero-order valence-corrected chi connectivity index (χ0v) is 12.9. The second kappa shape index (κ2) is 4.99. The fourth-order valence-corrected chi connectivity index (χ4v) is 4.23. The highest BCUT2D eigenvalue weighted by Gasteiger charge is 2.24. The topological polar surface area (TPSA) is 46.3 Å². The number of aromatic nitrogens is 3. The third-order valence-corrected chi connectivity index (χ3v) is 5.40. The molecule has 2 aromatic heterocycles. The SMILES string of the molecule is CN(C)N=S1C(Br)=Cn2cnc(-c3cccnc3)c21. The van der Waals surface area contributed by atoms with Gasteiger partial charge in [-0.05, 0) is 28.1 Å². The number of halogens is 1. The van der Waals surface area contributed by atoms with Crippen molar-refractivity contribution >= 4 is 32.8 Å². The third-order valence-electron chi connectivity index (χ3n) is 2.54. The predicted octanol–water partition coefficient (Wildman–Crippen LogP) is 2.75. The smallest absolute Gasteiger partial charge is 0.125 e. The van der Waals surface area contributed by atoms with Crippen molar-refractivity contribution in [2.45, 2.75) is 5.03 Å². The summed E-state index contributed by atoms with van der Waals surface area (Å²) in [5.41, 5.74) is 1.95. The van der Waals surface area contributed by atoms with E-state index in [1.165, 1.54) is 0 Å². The molecule has 3 heterocycles. The van der Waals surface area contributed by atoms with E-state index in [9.17, 15) is 0 Å². The van der Waals surface area contributed by atoms with Gasteiger partial charge in [0.25, 0.3) is 0 Å². The highest BCUT2D eigenvalue weighted by Crippen LogP contribution is 2.36. The molecule has 1 aliphatic rings. The van der Waals surface area contributed by atoms with Crippen LogP contribution < -0.4 is 0 Å². The van der Waals surface area contributed by atoms with E-state index in [2.05, 4.69) is 30.4 Å². The Morgan fingerprint density at radius 3 is 2.95 bits per heavy atom. The van der Waals surface area contributed by atoms with Gasteiger partial charge in [-0.15, -0.1) is 0 Å². The molecule has 5 nitrogen and oxygen atoms in total. The lowest BCUT2D eigenvalue weighted by atomic mass is 10.2. The van der Waals surface area contributed by atoms with Crippen LogP contribution in [0.25, 0.3) is 17.5 Å². The highest BCUT2D eigenvalue weighted by atomic mass is 79.9. The molecule has 98 valence electrons. The Labute approximate surface area is 122 Å². The fraction of sp³-hybridized carbons (Fsp3) is 0.167. The van der Waals surface area contributed by atoms with Crippen LogP contribution in [0.2, 0.25) is 0 Å². The summed E-state index contributed by atoms with van der Waals surface area (Å²) in [5.74, 6) is 0.